The maximum Gasteiger partial charge on any atom is 0.390 e. The molecular formula is C14H19F3N2O2. The Hall–Kier alpha value is -1.47. The van der Waals surface area contributed by atoms with Crippen LogP contribution in [0.1, 0.15) is 18.0 Å². The Morgan fingerprint density at radius 2 is 2.00 bits per heavy atom. The third-order valence-corrected chi connectivity index (χ3v) is 3.63. The van der Waals surface area contributed by atoms with Gasteiger partial charge in [0.15, 0.2) is 11.5 Å². The van der Waals surface area contributed by atoms with Crippen molar-refractivity contribution >= 4 is 0 Å². The van der Waals surface area contributed by atoms with Gasteiger partial charge in [-0.1, -0.05) is 12.1 Å². The third kappa shape index (κ3) is 4.01. The number of aromatic hydroxyl groups is 1. The second kappa shape index (κ2) is 6.53. The predicted molar refractivity (Wildman–Crippen MR) is 72.5 cm³/mol. The molecule has 1 saturated heterocycles. The number of nitrogens with one attached hydrogen (secondary N) is 1. The van der Waals surface area contributed by atoms with Crippen LogP contribution in [0.4, 0.5) is 13.2 Å². The van der Waals surface area contributed by atoms with Gasteiger partial charge in [0.2, 0.25) is 0 Å². The van der Waals surface area contributed by atoms with E-state index in [9.17, 15) is 18.3 Å². The molecule has 1 aliphatic heterocycles. The Labute approximate surface area is 121 Å². The fraction of sp³-hybridized carbons (Fsp3) is 0.571. The van der Waals surface area contributed by atoms with Crippen molar-refractivity contribution in [1.29, 1.82) is 0 Å². The molecule has 21 heavy (non-hydrogen) atoms. The molecule has 1 heterocycles. The van der Waals surface area contributed by atoms with Crippen LogP contribution in [0.2, 0.25) is 0 Å². The Balaban J connectivity index is 2.34. The van der Waals surface area contributed by atoms with Crippen molar-refractivity contribution in [3.05, 3.63) is 23.8 Å². The number of hydrogen-bond acceptors (Lipinski definition) is 4. The Morgan fingerprint density at radius 1 is 1.33 bits per heavy atom. The highest BCUT2D eigenvalue weighted by Crippen LogP contribution is 2.41. The Morgan fingerprint density at radius 3 is 2.57 bits per heavy atom. The SMILES string of the molecule is COc1cccc([C@@H](CC(F)(F)F)N2CCNCC2)c1O. The zero-order chi connectivity index (χ0) is 15.5. The van der Waals surface area contributed by atoms with E-state index in [0.29, 0.717) is 26.2 Å². The summed E-state index contributed by atoms with van der Waals surface area (Å²) in [7, 11) is 1.38. The predicted octanol–water partition coefficient (Wildman–Crippen LogP) is 2.30. The zero-order valence-corrected chi connectivity index (χ0v) is 11.8. The summed E-state index contributed by atoms with van der Waals surface area (Å²) >= 11 is 0. The molecule has 0 aromatic heterocycles. The molecule has 1 atom stereocenters. The number of para-hydroxylation sites is 1. The molecule has 1 aromatic rings. The molecule has 0 amide bonds. The average Bonchev–Trinajstić information content (AvgIpc) is 2.45. The number of methoxy groups -OCH3 is 1. The van der Waals surface area contributed by atoms with E-state index in [1.807, 2.05) is 0 Å². The van der Waals surface area contributed by atoms with E-state index in [1.165, 1.54) is 19.2 Å². The molecule has 4 nitrogen and oxygen atoms in total. The minimum absolute atomic E-state index is 0.190. The first kappa shape index (κ1) is 15.9. The second-order valence-corrected chi connectivity index (χ2v) is 5.02. The van der Waals surface area contributed by atoms with Gasteiger partial charge in [0.1, 0.15) is 0 Å². The second-order valence-electron chi connectivity index (χ2n) is 5.02. The number of hydrogen-bond donors (Lipinski definition) is 2. The summed E-state index contributed by atoms with van der Waals surface area (Å²) in [5.41, 5.74) is 0.258. The molecule has 0 unspecified atom stereocenters. The van der Waals surface area contributed by atoms with E-state index in [0.717, 1.165) is 0 Å². The average molecular weight is 304 g/mol. The fourth-order valence-corrected chi connectivity index (χ4v) is 2.62. The normalized spacial score (nSPS) is 18.5. The first-order valence-corrected chi connectivity index (χ1v) is 6.80. The summed E-state index contributed by atoms with van der Waals surface area (Å²) < 4.78 is 43.7. The molecule has 0 aliphatic carbocycles. The minimum atomic E-state index is -4.30. The van der Waals surface area contributed by atoms with Crippen molar-refractivity contribution in [3.8, 4) is 11.5 Å². The van der Waals surface area contributed by atoms with Gasteiger partial charge in [-0.25, -0.2) is 0 Å². The lowest BCUT2D eigenvalue weighted by atomic mass is 9.99. The lowest BCUT2D eigenvalue weighted by Crippen LogP contribution is -2.46. The van der Waals surface area contributed by atoms with E-state index in [4.69, 9.17) is 4.74 Å². The van der Waals surface area contributed by atoms with Crippen molar-refractivity contribution in [2.24, 2.45) is 0 Å². The Kier molecular flexibility index (Phi) is 4.95. The van der Waals surface area contributed by atoms with Gasteiger partial charge < -0.3 is 15.2 Å². The van der Waals surface area contributed by atoms with Crippen LogP contribution in [0.3, 0.4) is 0 Å². The smallest absolute Gasteiger partial charge is 0.390 e. The molecule has 118 valence electrons. The zero-order valence-electron chi connectivity index (χ0n) is 11.8. The monoisotopic (exact) mass is 304 g/mol. The maximum atomic E-state index is 12.9. The third-order valence-electron chi connectivity index (χ3n) is 3.63. The van der Waals surface area contributed by atoms with Crippen LogP contribution in [0.25, 0.3) is 0 Å². The minimum Gasteiger partial charge on any atom is -0.504 e. The molecule has 7 heteroatoms. The van der Waals surface area contributed by atoms with Crippen molar-refractivity contribution in [2.45, 2.75) is 18.6 Å². The van der Waals surface area contributed by atoms with Gasteiger partial charge in [-0.15, -0.1) is 0 Å². The van der Waals surface area contributed by atoms with Gasteiger partial charge in [-0.05, 0) is 6.07 Å². The van der Waals surface area contributed by atoms with Crippen LogP contribution in [-0.4, -0.2) is 49.5 Å². The summed E-state index contributed by atoms with van der Waals surface area (Å²) in [6.07, 6.45) is -5.29. The van der Waals surface area contributed by atoms with E-state index >= 15 is 0 Å². The molecule has 2 N–H and O–H groups in total. The highest BCUT2D eigenvalue weighted by molar-refractivity contribution is 5.47. The lowest BCUT2D eigenvalue weighted by Gasteiger charge is -2.36. The summed E-state index contributed by atoms with van der Waals surface area (Å²) in [6, 6.07) is 3.75. The van der Waals surface area contributed by atoms with Crippen molar-refractivity contribution in [3.63, 3.8) is 0 Å². The highest BCUT2D eigenvalue weighted by atomic mass is 19.4. The quantitative estimate of drug-likeness (QED) is 0.896. The lowest BCUT2D eigenvalue weighted by molar-refractivity contribution is -0.148. The van der Waals surface area contributed by atoms with Gasteiger partial charge in [0.25, 0.3) is 0 Å². The largest absolute Gasteiger partial charge is 0.504 e. The van der Waals surface area contributed by atoms with Crippen LogP contribution in [0.15, 0.2) is 18.2 Å². The van der Waals surface area contributed by atoms with Crippen LogP contribution < -0.4 is 10.1 Å². The van der Waals surface area contributed by atoms with Gasteiger partial charge in [0, 0.05) is 37.8 Å². The van der Waals surface area contributed by atoms with Crippen LogP contribution in [0, 0.1) is 0 Å². The number of rotatable bonds is 4. The van der Waals surface area contributed by atoms with Gasteiger partial charge in [-0.2, -0.15) is 13.2 Å². The topological polar surface area (TPSA) is 44.7 Å². The molecule has 0 spiro atoms. The molecular weight excluding hydrogens is 285 g/mol. The molecule has 0 saturated carbocycles. The first-order valence-electron chi connectivity index (χ1n) is 6.80. The fourth-order valence-electron chi connectivity index (χ4n) is 2.62. The summed E-state index contributed by atoms with van der Waals surface area (Å²) in [4.78, 5) is 1.75. The van der Waals surface area contributed by atoms with Crippen LogP contribution in [-0.2, 0) is 0 Å². The highest BCUT2D eigenvalue weighted by Gasteiger charge is 2.37. The molecule has 2 rings (SSSR count). The van der Waals surface area contributed by atoms with Gasteiger partial charge in [-0.3, -0.25) is 4.90 Å². The van der Waals surface area contributed by atoms with Crippen LogP contribution in [0.5, 0.6) is 11.5 Å². The molecule has 1 aliphatic rings. The molecule has 0 radical (unpaired) electrons. The van der Waals surface area contributed by atoms with Gasteiger partial charge >= 0.3 is 6.18 Å². The number of phenols is 1. The van der Waals surface area contributed by atoms with Crippen molar-refractivity contribution < 1.29 is 23.0 Å². The molecule has 0 bridgehead atoms. The van der Waals surface area contributed by atoms with Gasteiger partial charge in [0.05, 0.1) is 13.5 Å². The van der Waals surface area contributed by atoms with E-state index in [2.05, 4.69) is 5.32 Å². The van der Waals surface area contributed by atoms with E-state index < -0.39 is 18.6 Å². The summed E-state index contributed by atoms with van der Waals surface area (Å²) in [5.74, 6) is -0.0254. The number of alkyl halides is 3. The maximum absolute atomic E-state index is 12.9. The number of halogens is 3. The number of phenolic OH excluding ortho intramolecular Hbond substituents is 1. The van der Waals surface area contributed by atoms with Crippen LogP contribution >= 0.6 is 0 Å². The Bertz CT molecular complexity index is 474. The summed E-state index contributed by atoms with van der Waals surface area (Å²) in [6.45, 7) is 2.30. The first-order chi connectivity index (χ1) is 9.92. The van der Waals surface area contributed by atoms with E-state index in [1.54, 1.807) is 11.0 Å². The van der Waals surface area contributed by atoms with Crippen molar-refractivity contribution in [2.75, 3.05) is 33.3 Å². The number of piperazine rings is 1. The molecule has 1 aromatic carbocycles. The standard InChI is InChI=1S/C14H19F3N2O2/c1-21-12-4-2-3-10(13(12)20)11(9-14(15,16)17)19-7-5-18-6-8-19/h2-4,11,18,20H,5-9H2,1H3/t11-/m1/s1. The van der Waals surface area contributed by atoms with Crippen molar-refractivity contribution in [1.82, 2.24) is 10.2 Å². The number of ether oxygens (including phenoxy) is 1. The number of benzene rings is 1. The summed E-state index contributed by atoms with van der Waals surface area (Å²) in [5, 5.41) is 13.3. The molecule has 1 fully saturated rings. The van der Waals surface area contributed by atoms with E-state index in [-0.39, 0.29) is 17.1 Å². The number of nitrogens with zero attached hydrogens (tertiary/aromatic N) is 1.